The molecule has 86 valence electrons. The second-order valence-electron chi connectivity index (χ2n) is 4.07. The number of furan rings is 1. The fourth-order valence-corrected chi connectivity index (χ4v) is 1.88. The summed E-state index contributed by atoms with van der Waals surface area (Å²) in [6.45, 7) is 8.08. The lowest BCUT2D eigenvalue weighted by Gasteiger charge is -1.93. The molecule has 0 unspecified atom stereocenters. The van der Waals surface area contributed by atoms with Crippen LogP contribution in [-0.4, -0.2) is 15.2 Å². The number of aromatic amines is 1. The molecule has 16 heavy (non-hydrogen) atoms. The van der Waals surface area contributed by atoms with E-state index in [0.717, 1.165) is 47.1 Å². The molecular formula is C12H17N3O. The lowest BCUT2D eigenvalue weighted by atomic mass is 10.1. The molecule has 0 spiro atoms. The van der Waals surface area contributed by atoms with Crippen molar-refractivity contribution in [2.75, 3.05) is 0 Å². The molecule has 0 aliphatic heterocycles. The summed E-state index contributed by atoms with van der Waals surface area (Å²) in [5, 5.41) is 7.21. The van der Waals surface area contributed by atoms with Gasteiger partial charge in [-0.2, -0.15) is 5.10 Å². The lowest BCUT2D eigenvalue weighted by Crippen LogP contribution is -1.86. The third-order valence-corrected chi connectivity index (χ3v) is 2.80. The highest BCUT2D eigenvalue weighted by molar-refractivity contribution is 5.63. The molecule has 2 heterocycles. The van der Waals surface area contributed by atoms with E-state index in [1.165, 1.54) is 0 Å². The smallest absolute Gasteiger partial charge is 0.184 e. The van der Waals surface area contributed by atoms with Gasteiger partial charge in [0, 0.05) is 12.0 Å². The van der Waals surface area contributed by atoms with E-state index < -0.39 is 0 Å². The molecule has 4 nitrogen and oxygen atoms in total. The van der Waals surface area contributed by atoms with Crippen molar-refractivity contribution in [1.82, 2.24) is 15.2 Å². The first-order chi connectivity index (χ1) is 7.63. The Morgan fingerprint density at radius 2 is 1.94 bits per heavy atom. The normalized spacial score (nSPS) is 11.0. The van der Waals surface area contributed by atoms with Gasteiger partial charge in [0.2, 0.25) is 0 Å². The predicted molar refractivity (Wildman–Crippen MR) is 62.3 cm³/mol. The first-order valence-electron chi connectivity index (χ1n) is 5.61. The summed E-state index contributed by atoms with van der Waals surface area (Å²) in [5.74, 6) is 3.51. The van der Waals surface area contributed by atoms with E-state index in [1.54, 1.807) is 0 Å². The van der Waals surface area contributed by atoms with Crippen LogP contribution in [0.3, 0.4) is 0 Å². The van der Waals surface area contributed by atoms with Gasteiger partial charge in [0.15, 0.2) is 5.82 Å². The largest absolute Gasteiger partial charge is 0.466 e. The monoisotopic (exact) mass is 219 g/mol. The minimum atomic E-state index is 0.746. The molecule has 0 saturated heterocycles. The van der Waals surface area contributed by atoms with Crippen LogP contribution in [-0.2, 0) is 6.42 Å². The molecule has 0 aliphatic rings. The molecule has 0 radical (unpaired) electrons. The van der Waals surface area contributed by atoms with Gasteiger partial charge in [0.05, 0.1) is 5.56 Å². The van der Waals surface area contributed by atoms with Crippen LogP contribution in [0.4, 0.5) is 0 Å². The van der Waals surface area contributed by atoms with Crippen molar-refractivity contribution in [2.24, 2.45) is 0 Å². The molecule has 0 bridgehead atoms. The lowest BCUT2D eigenvalue weighted by molar-refractivity contribution is 0.503. The maximum absolute atomic E-state index is 5.58. The zero-order valence-corrected chi connectivity index (χ0v) is 10.2. The van der Waals surface area contributed by atoms with Crippen LogP contribution in [0.2, 0.25) is 0 Å². The number of hydrogen-bond acceptors (Lipinski definition) is 3. The van der Waals surface area contributed by atoms with Crippen LogP contribution in [0.15, 0.2) is 4.42 Å². The summed E-state index contributed by atoms with van der Waals surface area (Å²) in [5.41, 5.74) is 2.15. The van der Waals surface area contributed by atoms with Gasteiger partial charge in [-0.05, 0) is 27.2 Å². The van der Waals surface area contributed by atoms with Crippen LogP contribution < -0.4 is 0 Å². The number of aryl methyl sites for hydroxylation is 3. The van der Waals surface area contributed by atoms with Crippen LogP contribution in [0.25, 0.3) is 11.4 Å². The summed E-state index contributed by atoms with van der Waals surface area (Å²) >= 11 is 0. The molecule has 2 aromatic rings. The Morgan fingerprint density at radius 3 is 2.50 bits per heavy atom. The van der Waals surface area contributed by atoms with E-state index in [1.807, 2.05) is 20.8 Å². The highest BCUT2D eigenvalue weighted by atomic mass is 16.3. The number of rotatable bonds is 3. The van der Waals surface area contributed by atoms with E-state index in [-0.39, 0.29) is 0 Å². The molecule has 0 amide bonds. The molecule has 4 heteroatoms. The highest BCUT2D eigenvalue weighted by Gasteiger charge is 2.16. The number of aromatic nitrogens is 3. The van der Waals surface area contributed by atoms with Gasteiger partial charge in [-0.15, -0.1) is 0 Å². The van der Waals surface area contributed by atoms with Gasteiger partial charge in [-0.1, -0.05) is 6.92 Å². The van der Waals surface area contributed by atoms with Crippen molar-refractivity contribution < 1.29 is 4.42 Å². The summed E-state index contributed by atoms with van der Waals surface area (Å²) in [6.07, 6.45) is 2.00. The maximum Gasteiger partial charge on any atom is 0.184 e. The van der Waals surface area contributed by atoms with Crippen molar-refractivity contribution in [3.05, 3.63) is 22.9 Å². The molecule has 2 rings (SSSR count). The number of nitrogens with one attached hydrogen (secondary N) is 1. The van der Waals surface area contributed by atoms with Gasteiger partial charge in [-0.25, -0.2) is 4.98 Å². The molecule has 0 aromatic carbocycles. The van der Waals surface area contributed by atoms with Gasteiger partial charge in [-0.3, -0.25) is 5.10 Å². The fraction of sp³-hybridized carbons (Fsp3) is 0.500. The summed E-state index contributed by atoms with van der Waals surface area (Å²) < 4.78 is 5.58. The Morgan fingerprint density at radius 1 is 1.19 bits per heavy atom. The summed E-state index contributed by atoms with van der Waals surface area (Å²) in [4.78, 5) is 4.48. The third-order valence-electron chi connectivity index (χ3n) is 2.80. The van der Waals surface area contributed by atoms with E-state index in [4.69, 9.17) is 4.42 Å². The highest BCUT2D eigenvalue weighted by Crippen LogP contribution is 2.28. The van der Waals surface area contributed by atoms with Crippen molar-refractivity contribution in [2.45, 2.75) is 40.5 Å². The minimum absolute atomic E-state index is 0.746. The van der Waals surface area contributed by atoms with Gasteiger partial charge < -0.3 is 4.42 Å². The summed E-state index contributed by atoms with van der Waals surface area (Å²) in [7, 11) is 0. The van der Waals surface area contributed by atoms with Crippen LogP contribution in [0.5, 0.6) is 0 Å². The standard InChI is InChI=1S/C12H17N3O/c1-5-6-10-13-12(15-14-10)11-7(2)8(3)16-9(11)4/h5-6H2,1-4H3,(H,13,14,15). The van der Waals surface area contributed by atoms with Gasteiger partial charge in [0.1, 0.15) is 17.3 Å². The van der Waals surface area contributed by atoms with Crippen molar-refractivity contribution >= 4 is 0 Å². The third kappa shape index (κ3) is 1.75. The average Bonchev–Trinajstić information content (AvgIpc) is 2.75. The number of nitrogens with zero attached hydrogens (tertiary/aromatic N) is 2. The van der Waals surface area contributed by atoms with E-state index in [9.17, 15) is 0 Å². The van der Waals surface area contributed by atoms with E-state index in [0.29, 0.717) is 0 Å². The molecule has 0 aliphatic carbocycles. The summed E-state index contributed by atoms with van der Waals surface area (Å²) in [6, 6.07) is 0. The Kier molecular flexibility index (Phi) is 2.81. The fourth-order valence-electron chi connectivity index (χ4n) is 1.88. The molecule has 0 saturated carbocycles. The second-order valence-corrected chi connectivity index (χ2v) is 4.07. The molecule has 2 aromatic heterocycles. The molecule has 0 atom stereocenters. The average molecular weight is 219 g/mol. The zero-order chi connectivity index (χ0) is 11.7. The Hall–Kier alpha value is -1.58. The topological polar surface area (TPSA) is 54.7 Å². The minimum Gasteiger partial charge on any atom is -0.466 e. The second kappa shape index (κ2) is 4.12. The quantitative estimate of drug-likeness (QED) is 0.863. The zero-order valence-electron chi connectivity index (χ0n) is 10.2. The Bertz CT molecular complexity index is 496. The first kappa shape index (κ1) is 10.9. The van der Waals surface area contributed by atoms with Crippen molar-refractivity contribution in [1.29, 1.82) is 0 Å². The van der Waals surface area contributed by atoms with Crippen molar-refractivity contribution in [3.63, 3.8) is 0 Å². The SMILES string of the molecule is CCCc1nc(-c2c(C)oc(C)c2C)n[nH]1. The number of hydrogen-bond donors (Lipinski definition) is 1. The van der Waals surface area contributed by atoms with Gasteiger partial charge in [0.25, 0.3) is 0 Å². The predicted octanol–water partition coefficient (Wildman–Crippen LogP) is 2.94. The molecule has 0 fully saturated rings. The van der Waals surface area contributed by atoms with Crippen molar-refractivity contribution in [3.8, 4) is 11.4 Å². The van der Waals surface area contributed by atoms with E-state index >= 15 is 0 Å². The Labute approximate surface area is 95.1 Å². The first-order valence-corrected chi connectivity index (χ1v) is 5.61. The van der Waals surface area contributed by atoms with Crippen LogP contribution in [0, 0.1) is 20.8 Å². The van der Waals surface area contributed by atoms with E-state index in [2.05, 4.69) is 22.1 Å². The van der Waals surface area contributed by atoms with Crippen LogP contribution >= 0.6 is 0 Å². The molecular weight excluding hydrogens is 202 g/mol. The Balaban J connectivity index is 2.42. The van der Waals surface area contributed by atoms with Crippen LogP contribution in [0.1, 0.15) is 36.3 Å². The maximum atomic E-state index is 5.58. The number of H-pyrrole nitrogens is 1. The molecule has 1 N–H and O–H groups in total. The van der Waals surface area contributed by atoms with Gasteiger partial charge >= 0.3 is 0 Å².